The number of amides is 2. The van der Waals surface area contributed by atoms with Crippen molar-refractivity contribution in [1.29, 1.82) is 0 Å². The molecule has 0 radical (unpaired) electrons. The van der Waals surface area contributed by atoms with Crippen molar-refractivity contribution < 1.29 is 14.5 Å². The topological polar surface area (TPSA) is 127 Å². The van der Waals surface area contributed by atoms with Crippen LogP contribution in [0.5, 0.6) is 0 Å². The second-order valence-electron chi connectivity index (χ2n) is 6.36. The second kappa shape index (κ2) is 9.54. The third kappa shape index (κ3) is 5.99. The van der Waals surface area contributed by atoms with Crippen molar-refractivity contribution in [2.24, 2.45) is 11.7 Å². The first kappa shape index (κ1) is 20.2. The van der Waals surface area contributed by atoms with Crippen LogP contribution in [0, 0.1) is 16.0 Å². The molecule has 0 saturated heterocycles. The molecule has 0 aliphatic heterocycles. The molecule has 0 bridgehead atoms. The first-order chi connectivity index (χ1) is 12.4. The first-order valence-corrected chi connectivity index (χ1v) is 9.89. The molecule has 9 heteroatoms. The van der Waals surface area contributed by atoms with Crippen molar-refractivity contribution in [3.8, 4) is 0 Å². The van der Waals surface area contributed by atoms with Crippen LogP contribution in [0.15, 0.2) is 24.3 Å². The molecule has 1 fully saturated rings. The minimum atomic E-state index is -0.708. The molecule has 0 spiro atoms. The summed E-state index contributed by atoms with van der Waals surface area (Å²) in [5, 5.41) is 16.3. The Morgan fingerprint density at radius 3 is 2.77 bits per heavy atom. The van der Waals surface area contributed by atoms with Crippen molar-refractivity contribution in [3.63, 3.8) is 0 Å². The number of carbonyl (C=O) groups is 2. The third-order valence-corrected chi connectivity index (χ3v) is 4.94. The zero-order chi connectivity index (χ0) is 19.1. The molecule has 1 aliphatic rings. The van der Waals surface area contributed by atoms with E-state index < -0.39 is 16.9 Å². The van der Waals surface area contributed by atoms with Gasteiger partial charge in [-0.1, -0.05) is 6.07 Å². The maximum Gasteiger partial charge on any atom is 0.270 e. The Morgan fingerprint density at radius 1 is 1.42 bits per heavy atom. The van der Waals surface area contributed by atoms with Crippen LogP contribution < -0.4 is 16.4 Å². The van der Waals surface area contributed by atoms with Gasteiger partial charge in [0.1, 0.15) is 6.04 Å². The number of non-ortho nitro benzene ring substituents is 1. The minimum Gasteiger partial charge on any atom is -0.353 e. The lowest BCUT2D eigenvalue weighted by atomic mass is 10.1. The number of hydrogen-bond donors (Lipinski definition) is 3. The highest BCUT2D eigenvalue weighted by atomic mass is 32.2. The molecule has 8 nitrogen and oxygen atoms in total. The highest BCUT2D eigenvalue weighted by molar-refractivity contribution is 7.98. The summed E-state index contributed by atoms with van der Waals surface area (Å²) in [6, 6.07) is 4.66. The summed E-state index contributed by atoms with van der Waals surface area (Å²) in [7, 11) is 0. The van der Waals surface area contributed by atoms with Crippen molar-refractivity contribution in [2.45, 2.75) is 31.3 Å². The molecule has 1 saturated carbocycles. The van der Waals surface area contributed by atoms with E-state index in [1.807, 2.05) is 6.26 Å². The molecular formula is C17H24N4O4S. The van der Waals surface area contributed by atoms with Crippen molar-refractivity contribution in [3.05, 3.63) is 39.9 Å². The van der Waals surface area contributed by atoms with Gasteiger partial charge in [-0.2, -0.15) is 11.8 Å². The summed E-state index contributed by atoms with van der Waals surface area (Å²) in [6.07, 6.45) is 4.57. The van der Waals surface area contributed by atoms with Gasteiger partial charge < -0.3 is 16.4 Å². The van der Waals surface area contributed by atoms with Crippen LogP contribution in [-0.4, -0.2) is 47.4 Å². The Balaban J connectivity index is 1.98. The maximum atomic E-state index is 12.4. The number of nitro benzene ring substituents is 1. The van der Waals surface area contributed by atoms with Gasteiger partial charge in [0.15, 0.2) is 0 Å². The molecule has 2 unspecified atom stereocenters. The van der Waals surface area contributed by atoms with Gasteiger partial charge in [-0.25, -0.2) is 0 Å². The lowest BCUT2D eigenvalue weighted by molar-refractivity contribution is -0.384. The number of nitrogens with zero attached hydrogens (tertiary/aromatic N) is 1. The molecule has 0 heterocycles. The van der Waals surface area contributed by atoms with E-state index in [2.05, 4.69) is 10.6 Å². The van der Waals surface area contributed by atoms with Gasteiger partial charge in [0, 0.05) is 30.3 Å². The highest BCUT2D eigenvalue weighted by Gasteiger charge is 2.29. The smallest absolute Gasteiger partial charge is 0.270 e. The number of rotatable bonds is 10. The molecule has 26 heavy (non-hydrogen) atoms. The van der Waals surface area contributed by atoms with E-state index in [4.69, 9.17) is 5.73 Å². The minimum absolute atomic E-state index is 0.0624. The number of nitrogens with two attached hydrogens (primary N) is 1. The number of carbonyl (C=O) groups excluding carboxylic acids is 2. The summed E-state index contributed by atoms with van der Waals surface area (Å²) in [6.45, 7) is 0.381. The van der Waals surface area contributed by atoms with E-state index >= 15 is 0 Å². The summed E-state index contributed by atoms with van der Waals surface area (Å²) in [5.41, 5.74) is 5.98. The number of nitro groups is 1. The predicted octanol–water partition coefficient (Wildman–Crippen LogP) is 1.30. The molecule has 1 aromatic carbocycles. The van der Waals surface area contributed by atoms with Crippen LogP contribution in [0.3, 0.4) is 0 Å². The lowest BCUT2D eigenvalue weighted by Crippen LogP contribution is -2.49. The van der Waals surface area contributed by atoms with Crippen molar-refractivity contribution in [2.75, 3.05) is 18.6 Å². The van der Waals surface area contributed by atoms with Gasteiger partial charge in [0.25, 0.3) is 11.6 Å². The lowest BCUT2D eigenvalue weighted by Gasteiger charge is -2.20. The van der Waals surface area contributed by atoms with Crippen LogP contribution in [0.4, 0.5) is 5.69 Å². The van der Waals surface area contributed by atoms with Crippen LogP contribution in [0.25, 0.3) is 0 Å². The summed E-state index contributed by atoms with van der Waals surface area (Å²) < 4.78 is 0. The van der Waals surface area contributed by atoms with Crippen molar-refractivity contribution >= 4 is 29.3 Å². The molecule has 142 valence electrons. The van der Waals surface area contributed by atoms with Crippen LogP contribution in [0.2, 0.25) is 0 Å². The highest BCUT2D eigenvalue weighted by Crippen LogP contribution is 2.31. The monoisotopic (exact) mass is 380 g/mol. The third-order valence-electron chi connectivity index (χ3n) is 4.29. The zero-order valence-electron chi connectivity index (χ0n) is 14.6. The number of benzene rings is 1. The molecule has 2 rings (SSSR count). The predicted molar refractivity (Wildman–Crippen MR) is 101 cm³/mol. The SMILES string of the molecule is CSCCC(NC(=O)c1cccc([N+](=O)[O-])c1)C(=O)NCC(N)C1CC1. The average Bonchev–Trinajstić information content (AvgIpc) is 3.48. The van der Waals surface area contributed by atoms with Crippen LogP contribution in [0.1, 0.15) is 29.6 Å². The van der Waals surface area contributed by atoms with Gasteiger partial charge in [0.2, 0.25) is 5.91 Å². The fourth-order valence-corrected chi connectivity index (χ4v) is 3.01. The quantitative estimate of drug-likeness (QED) is 0.415. The van der Waals surface area contributed by atoms with Gasteiger partial charge in [-0.3, -0.25) is 19.7 Å². The molecule has 2 amide bonds. The van der Waals surface area contributed by atoms with E-state index in [9.17, 15) is 19.7 Å². The molecule has 1 aliphatic carbocycles. The van der Waals surface area contributed by atoms with Gasteiger partial charge >= 0.3 is 0 Å². The number of thioether (sulfide) groups is 1. The molecule has 1 aromatic rings. The molecule has 4 N–H and O–H groups in total. The van der Waals surface area contributed by atoms with E-state index in [0.29, 0.717) is 24.6 Å². The Morgan fingerprint density at radius 2 is 2.15 bits per heavy atom. The van der Waals surface area contributed by atoms with E-state index in [1.54, 1.807) is 11.8 Å². The Bertz CT molecular complexity index is 666. The number of nitrogens with one attached hydrogen (secondary N) is 2. The normalized spacial score (nSPS) is 15.8. The maximum absolute atomic E-state index is 12.4. The van der Waals surface area contributed by atoms with E-state index in [1.165, 1.54) is 24.3 Å². The molecule has 2 atom stereocenters. The molecule has 0 aromatic heterocycles. The Labute approximate surface area is 156 Å². The fraction of sp³-hybridized carbons (Fsp3) is 0.529. The summed E-state index contributed by atoms with van der Waals surface area (Å²) in [5.74, 6) is 0.372. The zero-order valence-corrected chi connectivity index (χ0v) is 15.5. The largest absolute Gasteiger partial charge is 0.353 e. The fourth-order valence-electron chi connectivity index (χ4n) is 2.54. The average molecular weight is 380 g/mol. The van der Waals surface area contributed by atoms with Gasteiger partial charge in [-0.05, 0) is 43.3 Å². The van der Waals surface area contributed by atoms with Crippen molar-refractivity contribution in [1.82, 2.24) is 10.6 Å². The van der Waals surface area contributed by atoms with E-state index in [0.717, 1.165) is 12.8 Å². The summed E-state index contributed by atoms with van der Waals surface area (Å²) in [4.78, 5) is 35.1. The second-order valence-corrected chi connectivity index (χ2v) is 7.35. The van der Waals surface area contributed by atoms with Crippen LogP contribution in [-0.2, 0) is 4.79 Å². The Hall–Kier alpha value is -2.13. The van der Waals surface area contributed by atoms with Crippen LogP contribution >= 0.6 is 11.8 Å². The standard InChI is InChI=1S/C17H24N4O4S/c1-26-8-7-15(17(23)19-10-14(18)11-5-6-11)20-16(22)12-3-2-4-13(9-12)21(24)25/h2-4,9,11,14-15H,5-8,10,18H2,1H3,(H,19,23)(H,20,22). The first-order valence-electron chi connectivity index (χ1n) is 8.50. The summed E-state index contributed by atoms with van der Waals surface area (Å²) >= 11 is 1.57. The Kier molecular flexibility index (Phi) is 7.40. The van der Waals surface area contributed by atoms with E-state index in [-0.39, 0.29) is 23.2 Å². The molecular weight excluding hydrogens is 356 g/mol. The van der Waals surface area contributed by atoms with Gasteiger partial charge in [0.05, 0.1) is 4.92 Å². The van der Waals surface area contributed by atoms with Gasteiger partial charge in [-0.15, -0.1) is 0 Å². The number of hydrogen-bond acceptors (Lipinski definition) is 6.